The van der Waals surface area contributed by atoms with Gasteiger partial charge in [0.1, 0.15) is 12.6 Å². The second kappa shape index (κ2) is 9.24. The van der Waals surface area contributed by atoms with Gasteiger partial charge in [0.25, 0.3) is 0 Å². The van der Waals surface area contributed by atoms with Gasteiger partial charge >= 0.3 is 12.1 Å². The number of carboxylic acid groups (broad SMARTS) is 1. The van der Waals surface area contributed by atoms with E-state index in [4.69, 9.17) is 4.74 Å². The lowest BCUT2D eigenvalue weighted by atomic mass is 9.98. The number of aliphatic carboxylic acids is 1. The first-order chi connectivity index (χ1) is 15.4. The van der Waals surface area contributed by atoms with Crippen molar-refractivity contribution in [2.24, 2.45) is 0 Å². The molecule has 1 fully saturated rings. The fraction of sp³-hybridized carbons (Fsp3) is 0.375. The van der Waals surface area contributed by atoms with E-state index in [-0.39, 0.29) is 17.3 Å². The lowest BCUT2D eigenvalue weighted by Gasteiger charge is -2.20. The summed E-state index contributed by atoms with van der Waals surface area (Å²) in [6, 6.07) is 14.8. The van der Waals surface area contributed by atoms with Gasteiger partial charge < -0.3 is 20.5 Å². The molecular weight excluding hydrogens is 428 g/mol. The lowest BCUT2D eigenvalue weighted by Crippen LogP contribution is -2.49. The van der Waals surface area contributed by atoms with E-state index in [9.17, 15) is 19.5 Å². The third kappa shape index (κ3) is 4.75. The third-order valence-electron chi connectivity index (χ3n) is 6.16. The van der Waals surface area contributed by atoms with Crippen LogP contribution in [0.2, 0.25) is 0 Å². The normalized spacial score (nSPS) is 16.4. The predicted octanol–water partition coefficient (Wildman–Crippen LogP) is 3.38. The van der Waals surface area contributed by atoms with Crippen LogP contribution < -0.4 is 10.6 Å². The molecule has 2 aliphatic carbocycles. The first-order valence-corrected chi connectivity index (χ1v) is 11.8. The number of nitrogens with one attached hydrogen (secondary N) is 2. The van der Waals surface area contributed by atoms with Gasteiger partial charge in [-0.3, -0.25) is 9.59 Å². The molecule has 0 heterocycles. The number of hydrogen-bond acceptors (Lipinski definition) is 5. The molecule has 2 aromatic rings. The van der Waals surface area contributed by atoms with Gasteiger partial charge in [-0.15, -0.1) is 0 Å². The van der Waals surface area contributed by atoms with E-state index >= 15 is 0 Å². The highest BCUT2D eigenvalue weighted by Crippen LogP contribution is 2.46. The SMILES string of the molecule is CSC1(CNC(=O)C(CC(=O)O)NC(=O)OCC2c3ccccc3-c3ccccc32)CC1. The van der Waals surface area contributed by atoms with Crippen molar-refractivity contribution in [3.63, 3.8) is 0 Å². The van der Waals surface area contributed by atoms with Crippen molar-refractivity contribution in [1.29, 1.82) is 0 Å². The zero-order chi connectivity index (χ0) is 22.7. The van der Waals surface area contributed by atoms with Gasteiger partial charge in [-0.25, -0.2) is 4.79 Å². The van der Waals surface area contributed by atoms with Crippen LogP contribution in [0.25, 0.3) is 11.1 Å². The average Bonchev–Trinajstić information content (AvgIpc) is 3.51. The van der Waals surface area contributed by atoms with Crippen LogP contribution in [0.4, 0.5) is 4.79 Å². The highest BCUT2D eigenvalue weighted by molar-refractivity contribution is 8.00. The Labute approximate surface area is 190 Å². The monoisotopic (exact) mass is 454 g/mol. The van der Waals surface area contributed by atoms with Crippen molar-refractivity contribution < 1.29 is 24.2 Å². The van der Waals surface area contributed by atoms with Gasteiger partial charge in [-0.1, -0.05) is 48.5 Å². The molecule has 168 valence electrons. The first kappa shape index (κ1) is 22.2. The van der Waals surface area contributed by atoms with Gasteiger partial charge in [0.2, 0.25) is 5.91 Å². The Hall–Kier alpha value is -3.00. The standard InChI is InChI=1S/C24H26N2O5S/c1-32-24(10-11-24)14-25-22(29)20(12-21(27)28)26-23(30)31-13-19-17-8-4-2-6-15(17)16-7-3-5-9-18(16)19/h2-9,19-20H,10-14H2,1H3,(H,25,29)(H,26,30)(H,27,28). The number of hydrogen-bond donors (Lipinski definition) is 3. The smallest absolute Gasteiger partial charge is 0.407 e. The lowest BCUT2D eigenvalue weighted by molar-refractivity contribution is -0.139. The summed E-state index contributed by atoms with van der Waals surface area (Å²) in [6.07, 6.45) is 2.69. The minimum absolute atomic E-state index is 0.0349. The summed E-state index contributed by atoms with van der Waals surface area (Å²) in [5.41, 5.74) is 4.38. The van der Waals surface area contributed by atoms with E-state index in [1.165, 1.54) is 0 Å². The van der Waals surface area contributed by atoms with Gasteiger partial charge in [0, 0.05) is 17.2 Å². The fourth-order valence-electron chi connectivity index (χ4n) is 4.13. The quantitative estimate of drug-likeness (QED) is 0.537. The molecule has 0 aromatic heterocycles. The maximum absolute atomic E-state index is 12.5. The minimum Gasteiger partial charge on any atom is -0.481 e. The molecule has 1 atom stereocenters. The van der Waals surface area contributed by atoms with Crippen LogP contribution in [-0.4, -0.2) is 53.3 Å². The number of amides is 2. The Morgan fingerprint density at radius 3 is 2.22 bits per heavy atom. The predicted molar refractivity (Wildman–Crippen MR) is 123 cm³/mol. The maximum atomic E-state index is 12.5. The van der Waals surface area contributed by atoms with Gasteiger partial charge in [0.05, 0.1) is 6.42 Å². The van der Waals surface area contributed by atoms with Crippen molar-refractivity contribution in [1.82, 2.24) is 10.6 Å². The molecule has 4 rings (SSSR count). The number of fused-ring (bicyclic) bond motifs is 3. The number of thioether (sulfide) groups is 1. The highest BCUT2D eigenvalue weighted by atomic mass is 32.2. The van der Waals surface area contributed by atoms with Crippen molar-refractivity contribution in [2.45, 2.75) is 36.0 Å². The molecule has 0 saturated heterocycles. The van der Waals surface area contributed by atoms with Crippen molar-refractivity contribution in [3.05, 3.63) is 59.7 Å². The van der Waals surface area contributed by atoms with Crippen LogP contribution in [0.1, 0.15) is 36.3 Å². The highest BCUT2D eigenvalue weighted by Gasteiger charge is 2.42. The second-order valence-electron chi connectivity index (χ2n) is 8.23. The number of rotatable bonds is 9. The first-order valence-electron chi connectivity index (χ1n) is 10.6. The second-order valence-corrected chi connectivity index (χ2v) is 9.50. The number of alkyl carbamates (subject to hydrolysis) is 1. The zero-order valence-corrected chi connectivity index (χ0v) is 18.6. The Bertz CT molecular complexity index is 991. The summed E-state index contributed by atoms with van der Waals surface area (Å²) < 4.78 is 5.49. The molecule has 2 amide bonds. The number of carbonyl (C=O) groups excluding carboxylic acids is 2. The Kier molecular flexibility index (Phi) is 6.41. The number of benzene rings is 2. The van der Waals surface area contributed by atoms with Crippen molar-refractivity contribution >= 4 is 29.7 Å². The summed E-state index contributed by atoms with van der Waals surface area (Å²) in [6.45, 7) is 0.548. The minimum atomic E-state index is -1.19. The molecule has 3 N–H and O–H groups in total. The van der Waals surface area contributed by atoms with Crippen LogP contribution in [0.3, 0.4) is 0 Å². The fourth-order valence-corrected chi connectivity index (χ4v) is 4.86. The third-order valence-corrected chi connectivity index (χ3v) is 7.58. The zero-order valence-electron chi connectivity index (χ0n) is 17.8. The molecule has 0 radical (unpaired) electrons. The van der Waals surface area contributed by atoms with Crippen molar-refractivity contribution in [2.75, 3.05) is 19.4 Å². The molecule has 2 aromatic carbocycles. The van der Waals surface area contributed by atoms with Crippen molar-refractivity contribution in [3.8, 4) is 11.1 Å². The molecule has 0 bridgehead atoms. The summed E-state index contributed by atoms with van der Waals surface area (Å²) in [7, 11) is 0. The molecule has 2 aliphatic rings. The van der Waals surface area contributed by atoms with E-state index in [1.807, 2.05) is 54.8 Å². The van der Waals surface area contributed by atoms with Crippen LogP contribution in [0.5, 0.6) is 0 Å². The molecule has 8 heteroatoms. The molecule has 32 heavy (non-hydrogen) atoms. The Morgan fingerprint density at radius 2 is 1.69 bits per heavy atom. The van der Waals surface area contributed by atoms with E-state index in [1.54, 1.807) is 11.8 Å². The maximum Gasteiger partial charge on any atom is 0.407 e. The Balaban J connectivity index is 1.38. The molecule has 1 saturated carbocycles. The van der Waals surface area contributed by atoms with Crippen LogP contribution >= 0.6 is 11.8 Å². The molecule has 1 unspecified atom stereocenters. The summed E-state index contributed by atoms with van der Waals surface area (Å²) in [5, 5.41) is 14.4. The van der Waals surface area contributed by atoms with Gasteiger partial charge in [-0.2, -0.15) is 11.8 Å². The average molecular weight is 455 g/mol. The topological polar surface area (TPSA) is 105 Å². The molecule has 0 aliphatic heterocycles. The summed E-state index contributed by atoms with van der Waals surface area (Å²) >= 11 is 1.69. The molecular formula is C24H26N2O5S. The Morgan fingerprint density at radius 1 is 1.09 bits per heavy atom. The van der Waals surface area contributed by atoms with E-state index < -0.39 is 30.4 Å². The summed E-state index contributed by atoms with van der Waals surface area (Å²) in [5.74, 6) is -1.80. The van der Waals surface area contributed by atoms with E-state index in [0.717, 1.165) is 35.1 Å². The van der Waals surface area contributed by atoms with Crippen LogP contribution in [0, 0.1) is 0 Å². The molecule has 7 nitrogen and oxygen atoms in total. The van der Waals surface area contributed by atoms with Crippen LogP contribution in [0.15, 0.2) is 48.5 Å². The summed E-state index contributed by atoms with van der Waals surface area (Å²) in [4.78, 5) is 36.2. The van der Waals surface area contributed by atoms with E-state index in [2.05, 4.69) is 10.6 Å². The number of carboxylic acids is 1. The number of ether oxygens (including phenoxy) is 1. The van der Waals surface area contributed by atoms with E-state index in [0.29, 0.717) is 6.54 Å². The van der Waals surface area contributed by atoms with Crippen LogP contribution in [-0.2, 0) is 14.3 Å². The largest absolute Gasteiger partial charge is 0.481 e. The van der Waals surface area contributed by atoms with Gasteiger partial charge in [-0.05, 0) is 41.4 Å². The number of carbonyl (C=O) groups is 3. The van der Waals surface area contributed by atoms with Gasteiger partial charge in [0.15, 0.2) is 0 Å². The molecule has 0 spiro atoms.